The molecule has 1 aromatic rings. The Hall–Kier alpha value is -2.47. The van der Waals surface area contributed by atoms with E-state index in [2.05, 4.69) is 5.32 Å². The lowest BCUT2D eigenvalue weighted by Gasteiger charge is -2.26. The van der Waals surface area contributed by atoms with Crippen LogP contribution in [-0.2, 0) is 23.9 Å². The number of nitrogens with one attached hydrogen (secondary N) is 1. The Kier molecular flexibility index (Phi) is 5.74. The van der Waals surface area contributed by atoms with Gasteiger partial charge in [0, 0.05) is 5.57 Å². The van der Waals surface area contributed by atoms with Gasteiger partial charge >= 0.3 is 11.9 Å². The molecule has 134 valence electrons. The van der Waals surface area contributed by atoms with E-state index in [-0.39, 0.29) is 19.0 Å². The summed E-state index contributed by atoms with van der Waals surface area (Å²) in [5, 5.41) is 2.98. The van der Waals surface area contributed by atoms with Gasteiger partial charge in [-0.3, -0.25) is 10.1 Å². The smallest absolute Gasteiger partial charge is 0.342 e. The number of benzene rings is 1. The number of ether oxygens (including phenoxy) is 2. The van der Waals surface area contributed by atoms with Crippen LogP contribution in [0.3, 0.4) is 0 Å². The van der Waals surface area contributed by atoms with Crippen LogP contribution in [0, 0.1) is 6.92 Å². The molecular weight excluding hydrogens is 322 g/mol. The number of hydrogen-bond acceptors (Lipinski definition) is 6. The highest BCUT2D eigenvalue weighted by Gasteiger charge is 2.54. The highest BCUT2D eigenvalue weighted by atomic mass is 16.6. The van der Waals surface area contributed by atoms with Crippen LogP contribution in [0.1, 0.15) is 37.9 Å². The van der Waals surface area contributed by atoms with Gasteiger partial charge in [0.15, 0.2) is 5.78 Å². The van der Waals surface area contributed by atoms with Gasteiger partial charge in [-0.1, -0.05) is 29.8 Å². The van der Waals surface area contributed by atoms with Crippen molar-refractivity contribution in [3.8, 4) is 0 Å². The molecule has 0 saturated carbocycles. The number of aryl methyl sites for hydroxylation is 1. The normalized spacial score (nSPS) is 18.4. The van der Waals surface area contributed by atoms with Crippen molar-refractivity contribution >= 4 is 17.7 Å². The van der Waals surface area contributed by atoms with Crippen molar-refractivity contribution in [3.63, 3.8) is 0 Å². The van der Waals surface area contributed by atoms with Gasteiger partial charge in [-0.25, -0.2) is 9.59 Å². The van der Waals surface area contributed by atoms with Crippen LogP contribution in [0.15, 0.2) is 35.9 Å². The van der Waals surface area contributed by atoms with Gasteiger partial charge in [-0.15, -0.1) is 0 Å². The number of rotatable bonds is 6. The van der Waals surface area contributed by atoms with Crippen molar-refractivity contribution in [1.29, 1.82) is 0 Å². The number of carbonyl (C=O) groups excluding carboxylic acids is 3. The predicted molar refractivity (Wildman–Crippen MR) is 91.8 cm³/mol. The average Bonchev–Trinajstić information content (AvgIpc) is 2.98. The van der Waals surface area contributed by atoms with E-state index in [4.69, 9.17) is 9.47 Å². The molecule has 2 rings (SSSR count). The van der Waals surface area contributed by atoms with Crippen molar-refractivity contribution in [2.75, 3.05) is 13.2 Å². The molecule has 1 N–H and O–H groups in total. The van der Waals surface area contributed by atoms with Gasteiger partial charge in [-0.2, -0.15) is 0 Å². The molecule has 6 heteroatoms. The number of Topliss-reactive ketones (excluding diaryl/α,β-unsaturated/α-hetero) is 1. The minimum atomic E-state index is -1.82. The topological polar surface area (TPSA) is 81.7 Å². The molecule has 0 amide bonds. The summed E-state index contributed by atoms with van der Waals surface area (Å²) in [7, 11) is 0. The lowest BCUT2D eigenvalue weighted by molar-refractivity contribution is -0.162. The van der Waals surface area contributed by atoms with E-state index < -0.39 is 23.5 Å². The molecule has 1 aromatic carbocycles. The number of ketones is 1. The molecule has 1 aliphatic rings. The van der Waals surface area contributed by atoms with Crippen molar-refractivity contribution in [2.45, 2.75) is 39.3 Å². The van der Waals surface area contributed by atoms with Gasteiger partial charge in [0.25, 0.3) is 0 Å². The lowest BCUT2D eigenvalue weighted by atomic mass is 9.96. The standard InChI is InChI=1S/C19H23NO5/c1-5-24-17(22)19(18(23)25-6-2)11-15(13(4)21)16(20-19)14-9-7-12(3)8-10-14/h7-11,16,20H,5-6H2,1-4H3/t16-/m1/s1. The maximum absolute atomic E-state index is 12.5. The molecule has 25 heavy (non-hydrogen) atoms. The maximum atomic E-state index is 12.5. The first kappa shape index (κ1) is 18.9. The van der Waals surface area contributed by atoms with Crippen molar-refractivity contribution < 1.29 is 23.9 Å². The Labute approximate surface area is 147 Å². The molecular formula is C19H23NO5. The lowest BCUT2D eigenvalue weighted by Crippen LogP contribution is -2.56. The first-order valence-corrected chi connectivity index (χ1v) is 8.28. The van der Waals surface area contributed by atoms with Crippen molar-refractivity contribution in [2.24, 2.45) is 0 Å². The Morgan fingerprint density at radius 3 is 2.00 bits per heavy atom. The number of hydrogen-bond donors (Lipinski definition) is 1. The summed E-state index contributed by atoms with van der Waals surface area (Å²) in [5.41, 5.74) is 0.368. The SMILES string of the molecule is CCOC(=O)C1(C(=O)OCC)C=C(C(C)=O)[C@@H](c2ccc(C)cc2)N1. The summed E-state index contributed by atoms with van der Waals surface area (Å²) < 4.78 is 10.1. The van der Waals surface area contributed by atoms with Crippen LogP contribution in [-0.4, -0.2) is 36.5 Å². The van der Waals surface area contributed by atoms with Gasteiger partial charge < -0.3 is 9.47 Å². The molecule has 0 unspecified atom stereocenters. The zero-order chi connectivity index (χ0) is 18.6. The summed E-state index contributed by atoms with van der Waals surface area (Å²) in [6.45, 7) is 6.88. The Morgan fingerprint density at radius 2 is 1.56 bits per heavy atom. The van der Waals surface area contributed by atoms with E-state index in [1.54, 1.807) is 13.8 Å². The fourth-order valence-electron chi connectivity index (χ4n) is 2.80. The quantitative estimate of drug-likeness (QED) is 0.627. The fraction of sp³-hybridized carbons (Fsp3) is 0.421. The molecule has 0 fully saturated rings. The highest BCUT2D eigenvalue weighted by molar-refractivity contribution is 6.11. The minimum absolute atomic E-state index is 0.111. The third-order valence-corrected chi connectivity index (χ3v) is 4.07. The van der Waals surface area contributed by atoms with Gasteiger partial charge in [0.1, 0.15) is 0 Å². The average molecular weight is 345 g/mol. The molecule has 6 nitrogen and oxygen atoms in total. The van der Waals surface area contributed by atoms with Gasteiger partial charge in [0.05, 0.1) is 19.3 Å². The second-order valence-electron chi connectivity index (χ2n) is 5.89. The molecule has 0 spiro atoms. The first-order chi connectivity index (χ1) is 11.9. The van der Waals surface area contributed by atoms with Crippen LogP contribution >= 0.6 is 0 Å². The van der Waals surface area contributed by atoms with E-state index in [0.717, 1.165) is 11.1 Å². The second kappa shape index (κ2) is 7.61. The number of carbonyl (C=O) groups is 3. The number of esters is 2. The van der Waals surface area contributed by atoms with E-state index in [0.29, 0.717) is 5.57 Å². The summed E-state index contributed by atoms with van der Waals surface area (Å²) in [6.07, 6.45) is 1.34. The van der Waals surface area contributed by atoms with Crippen LogP contribution < -0.4 is 5.32 Å². The second-order valence-corrected chi connectivity index (χ2v) is 5.89. The zero-order valence-electron chi connectivity index (χ0n) is 14.9. The third kappa shape index (κ3) is 3.64. The van der Waals surface area contributed by atoms with Crippen LogP contribution in [0.2, 0.25) is 0 Å². The molecule has 0 radical (unpaired) electrons. The molecule has 0 aromatic heterocycles. The molecule has 0 saturated heterocycles. The first-order valence-electron chi connectivity index (χ1n) is 8.28. The van der Waals surface area contributed by atoms with E-state index in [1.807, 2.05) is 31.2 Å². The molecule has 1 aliphatic heterocycles. The monoisotopic (exact) mass is 345 g/mol. The molecule has 0 aliphatic carbocycles. The largest absolute Gasteiger partial charge is 0.464 e. The third-order valence-electron chi connectivity index (χ3n) is 4.07. The molecule has 0 bridgehead atoms. The summed E-state index contributed by atoms with van der Waals surface area (Å²) in [4.78, 5) is 37.2. The van der Waals surface area contributed by atoms with E-state index in [9.17, 15) is 14.4 Å². The molecule has 1 atom stereocenters. The Balaban J connectivity index is 2.51. The Bertz CT molecular complexity index is 687. The fourth-order valence-corrected chi connectivity index (χ4v) is 2.80. The minimum Gasteiger partial charge on any atom is -0.464 e. The van der Waals surface area contributed by atoms with Crippen LogP contribution in [0.5, 0.6) is 0 Å². The Morgan fingerprint density at radius 1 is 1.04 bits per heavy atom. The molecule has 1 heterocycles. The summed E-state index contributed by atoms with van der Waals surface area (Å²) in [6, 6.07) is 6.94. The van der Waals surface area contributed by atoms with Crippen LogP contribution in [0.4, 0.5) is 0 Å². The summed E-state index contributed by atoms with van der Waals surface area (Å²) in [5.74, 6) is -1.78. The predicted octanol–water partition coefficient (Wildman–Crippen LogP) is 2.02. The maximum Gasteiger partial charge on any atom is 0.342 e. The van der Waals surface area contributed by atoms with Gasteiger partial charge in [-0.05, 0) is 39.3 Å². The van der Waals surface area contributed by atoms with Crippen LogP contribution in [0.25, 0.3) is 0 Å². The van der Waals surface area contributed by atoms with Gasteiger partial charge in [0.2, 0.25) is 5.54 Å². The van der Waals surface area contributed by atoms with Crippen molar-refractivity contribution in [1.82, 2.24) is 5.32 Å². The zero-order valence-corrected chi connectivity index (χ0v) is 14.9. The van der Waals surface area contributed by atoms with E-state index in [1.165, 1.54) is 13.0 Å². The highest BCUT2D eigenvalue weighted by Crippen LogP contribution is 2.35. The summed E-state index contributed by atoms with van der Waals surface area (Å²) >= 11 is 0. The van der Waals surface area contributed by atoms with E-state index >= 15 is 0 Å². The van der Waals surface area contributed by atoms with Crippen molar-refractivity contribution in [3.05, 3.63) is 47.0 Å².